The van der Waals surface area contributed by atoms with Gasteiger partial charge in [0.05, 0.1) is 17.7 Å². The van der Waals surface area contributed by atoms with Crippen molar-refractivity contribution in [3.8, 4) is 5.75 Å². The van der Waals surface area contributed by atoms with Gasteiger partial charge in [0.1, 0.15) is 11.6 Å². The molecule has 0 aromatic heterocycles. The molecule has 7 heteroatoms. The Bertz CT molecular complexity index is 778. The van der Waals surface area contributed by atoms with Crippen LogP contribution < -0.4 is 9.46 Å². The Balaban J connectivity index is 2.44. The van der Waals surface area contributed by atoms with Crippen LogP contribution in [0.15, 0.2) is 41.3 Å². The molecule has 0 aliphatic heterocycles. The first-order valence-corrected chi connectivity index (χ1v) is 7.82. The highest BCUT2D eigenvalue weighted by Crippen LogP contribution is 2.30. The molecule has 2 aromatic rings. The first-order chi connectivity index (χ1) is 9.83. The van der Waals surface area contributed by atoms with Gasteiger partial charge >= 0.3 is 0 Å². The number of ether oxygens (including phenoxy) is 1. The van der Waals surface area contributed by atoms with E-state index in [1.807, 2.05) is 0 Å². The summed E-state index contributed by atoms with van der Waals surface area (Å²) in [6.45, 7) is 1.52. The highest BCUT2D eigenvalue weighted by Gasteiger charge is 2.19. The van der Waals surface area contributed by atoms with Crippen LogP contribution in [0.1, 0.15) is 5.56 Å². The van der Waals surface area contributed by atoms with Crippen molar-refractivity contribution in [2.45, 2.75) is 11.8 Å². The first kappa shape index (κ1) is 15.6. The predicted octanol–water partition coefficient (Wildman–Crippen LogP) is 3.60. The second-order valence-electron chi connectivity index (χ2n) is 4.36. The van der Waals surface area contributed by atoms with Gasteiger partial charge in [0.2, 0.25) is 0 Å². The summed E-state index contributed by atoms with van der Waals surface area (Å²) in [4.78, 5) is -0.00840. The maximum atomic E-state index is 13.1. The highest BCUT2D eigenvalue weighted by atomic mass is 35.5. The van der Waals surface area contributed by atoms with Gasteiger partial charge in [0.15, 0.2) is 0 Å². The molecule has 2 aromatic carbocycles. The molecule has 21 heavy (non-hydrogen) atoms. The second-order valence-corrected chi connectivity index (χ2v) is 6.45. The number of methoxy groups -OCH3 is 1. The molecule has 0 saturated carbocycles. The van der Waals surface area contributed by atoms with Crippen molar-refractivity contribution >= 4 is 27.3 Å². The molecule has 112 valence electrons. The molecule has 1 N–H and O–H groups in total. The molecule has 2 rings (SSSR count). The van der Waals surface area contributed by atoms with Crippen molar-refractivity contribution in [2.24, 2.45) is 0 Å². The molecule has 4 nitrogen and oxygen atoms in total. The summed E-state index contributed by atoms with van der Waals surface area (Å²) in [5, 5.41) is 0.365. The van der Waals surface area contributed by atoms with Crippen LogP contribution in [0, 0.1) is 12.7 Å². The molecule has 0 radical (unpaired) electrons. The van der Waals surface area contributed by atoms with E-state index in [4.69, 9.17) is 16.3 Å². The topological polar surface area (TPSA) is 55.4 Å². The van der Waals surface area contributed by atoms with Crippen LogP contribution in [0.4, 0.5) is 10.1 Å². The van der Waals surface area contributed by atoms with E-state index < -0.39 is 15.8 Å². The van der Waals surface area contributed by atoms with Crippen LogP contribution in [0.5, 0.6) is 5.75 Å². The summed E-state index contributed by atoms with van der Waals surface area (Å²) >= 11 is 5.86. The summed E-state index contributed by atoms with van der Waals surface area (Å²) < 4.78 is 45.3. The summed E-state index contributed by atoms with van der Waals surface area (Å²) in [5.74, 6) is -0.158. The van der Waals surface area contributed by atoms with Crippen LogP contribution in [-0.4, -0.2) is 15.5 Å². The SMILES string of the molecule is COc1ccc(Cl)cc1NS(=O)(=O)c1ccc(F)cc1C. The van der Waals surface area contributed by atoms with Crippen LogP contribution >= 0.6 is 11.6 Å². The Morgan fingerprint density at radius 1 is 1.19 bits per heavy atom. The number of hydrogen-bond acceptors (Lipinski definition) is 3. The summed E-state index contributed by atoms with van der Waals surface area (Å²) in [6.07, 6.45) is 0. The zero-order chi connectivity index (χ0) is 15.6. The minimum Gasteiger partial charge on any atom is -0.495 e. The standard InChI is InChI=1S/C14H13ClFNO3S/c1-9-7-11(16)4-6-14(9)21(18,19)17-12-8-10(15)3-5-13(12)20-2/h3-8,17H,1-2H3. The third-order valence-electron chi connectivity index (χ3n) is 2.83. The Hall–Kier alpha value is -1.79. The Morgan fingerprint density at radius 3 is 2.52 bits per heavy atom. The smallest absolute Gasteiger partial charge is 0.262 e. The van der Waals surface area contributed by atoms with E-state index in [1.165, 1.54) is 26.2 Å². The van der Waals surface area contributed by atoms with Crippen molar-refractivity contribution in [1.29, 1.82) is 0 Å². The molecule has 0 heterocycles. The van der Waals surface area contributed by atoms with E-state index in [1.54, 1.807) is 12.1 Å². The molecule has 0 fully saturated rings. The van der Waals surface area contributed by atoms with Gasteiger partial charge in [-0.1, -0.05) is 11.6 Å². The lowest BCUT2D eigenvalue weighted by atomic mass is 10.2. The summed E-state index contributed by atoms with van der Waals surface area (Å²) in [6, 6.07) is 8.04. The van der Waals surface area contributed by atoms with Gasteiger partial charge in [0, 0.05) is 5.02 Å². The van der Waals surface area contributed by atoms with E-state index in [0.717, 1.165) is 12.1 Å². The molecule has 0 amide bonds. The monoisotopic (exact) mass is 329 g/mol. The Kier molecular flexibility index (Phi) is 4.39. The number of rotatable bonds is 4. The predicted molar refractivity (Wildman–Crippen MR) is 79.9 cm³/mol. The molecule has 0 aliphatic carbocycles. The Morgan fingerprint density at radius 2 is 1.90 bits per heavy atom. The van der Waals surface area contributed by atoms with Crippen molar-refractivity contribution < 1.29 is 17.5 Å². The minimum atomic E-state index is -3.87. The lowest BCUT2D eigenvalue weighted by molar-refractivity contribution is 0.417. The van der Waals surface area contributed by atoms with Crippen LogP contribution in [0.25, 0.3) is 0 Å². The van der Waals surface area contributed by atoms with Crippen molar-refractivity contribution in [3.05, 3.63) is 52.8 Å². The second kappa shape index (κ2) is 5.91. The first-order valence-electron chi connectivity index (χ1n) is 5.96. The molecule has 0 saturated heterocycles. The fraction of sp³-hybridized carbons (Fsp3) is 0.143. The van der Waals surface area contributed by atoms with Gasteiger partial charge in [0.25, 0.3) is 10.0 Å². The number of halogens is 2. The van der Waals surface area contributed by atoms with E-state index in [2.05, 4.69) is 4.72 Å². The van der Waals surface area contributed by atoms with Gasteiger partial charge < -0.3 is 4.74 Å². The van der Waals surface area contributed by atoms with Crippen LogP contribution in [-0.2, 0) is 10.0 Å². The van der Waals surface area contributed by atoms with Gasteiger partial charge in [-0.25, -0.2) is 12.8 Å². The molecule has 0 atom stereocenters. The number of aryl methyl sites for hydroxylation is 1. The maximum absolute atomic E-state index is 13.1. The average Bonchev–Trinajstić information content (AvgIpc) is 2.37. The van der Waals surface area contributed by atoms with Gasteiger partial charge in [-0.05, 0) is 48.9 Å². The lowest BCUT2D eigenvalue weighted by Crippen LogP contribution is -2.15. The Labute approximate surface area is 127 Å². The zero-order valence-corrected chi connectivity index (χ0v) is 12.9. The van der Waals surface area contributed by atoms with Gasteiger partial charge in [-0.15, -0.1) is 0 Å². The molecule has 0 bridgehead atoms. The molecule has 0 aliphatic rings. The van der Waals surface area contributed by atoms with E-state index >= 15 is 0 Å². The molecule has 0 unspecified atom stereocenters. The van der Waals surface area contributed by atoms with Crippen molar-refractivity contribution in [3.63, 3.8) is 0 Å². The van der Waals surface area contributed by atoms with Crippen molar-refractivity contribution in [2.75, 3.05) is 11.8 Å². The van der Waals surface area contributed by atoms with Crippen molar-refractivity contribution in [1.82, 2.24) is 0 Å². The van der Waals surface area contributed by atoms with E-state index in [-0.39, 0.29) is 10.6 Å². The summed E-state index contributed by atoms with van der Waals surface area (Å²) in [7, 11) is -2.44. The van der Waals surface area contributed by atoms with Crippen LogP contribution in [0.2, 0.25) is 5.02 Å². The highest BCUT2D eigenvalue weighted by molar-refractivity contribution is 7.92. The fourth-order valence-electron chi connectivity index (χ4n) is 1.87. The number of anilines is 1. The summed E-state index contributed by atoms with van der Waals surface area (Å²) in [5.41, 5.74) is 0.525. The lowest BCUT2D eigenvalue weighted by Gasteiger charge is -2.13. The zero-order valence-electron chi connectivity index (χ0n) is 11.4. The minimum absolute atomic E-state index is 0.00840. The van der Waals surface area contributed by atoms with E-state index in [9.17, 15) is 12.8 Å². The van der Waals surface area contributed by atoms with Crippen LogP contribution in [0.3, 0.4) is 0 Å². The average molecular weight is 330 g/mol. The number of benzene rings is 2. The third kappa shape index (κ3) is 3.46. The number of hydrogen-bond donors (Lipinski definition) is 1. The maximum Gasteiger partial charge on any atom is 0.262 e. The number of sulfonamides is 1. The molecular formula is C14H13ClFNO3S. The van der Waals surface area contributed by atoms with Gasteiger partial charge in [-0.3, -0.25) is 4.72 Å². The molecule has 0 spiro atoms. The fourth-order valence-corrected chi connectivity index (χ4v) is 3.34. The normalized spacial score (nSPS) is 11.2. The van der Waals surface area contributed by atoms with Gasteiger partial charge in [-0.2, -0.15) is 0 Å². The number of nitrogens with one attached hydrogen (secondary N) is 1. The van der Waals surface area contributed by atoms with E-state index in [0.29, 0.717) is 16.3 Å². The largest absolute Gasteiger partial charge is 0.495 e. The molecular weight excluding hydrogens is 317 g/mol. The quantitative estimate of drug-likeness (QED) is 0.932. The third-order valence-corrected chi connectivity index (χ3v) is 4.59.